The summed E-state index contributed by atoms with van der Waals surface area (Å²) in [7, 11) is 2.17. The molecule has 0 saturated heterocycles. The Morgan fingerprint density at radius 3 is 2.40 bits per heavy atom. The Balaban J connectivity index is 3.00. The standard InChI is InChI=1S/C17H29ClN2/c1-6-16(19)17(14-8-7-9-15(18)11-14)20(5)13(4)10-12(2)3/h7-9,11-13,16-17H,6,10,19H2,1-5H3. The number of nitrogens with zero attached hydrogens (tertiary/aromatic N) is 1. The summed E-state index contributed by atoms with van der Waals surface area (Å²) in [5, 5.41) is 0.778. The largest absolute Gasteiger partial charge is 0.326 e. The number of hydrogen-bond donors (Lipinski definition) is 1. The first-order valence-electron chi connectivity index (χ1n) is 7.59. The molecule has 114 valence electrons. The highest BCUT2D eigenvalue weighted by molar-refractivity contribution is 6.30. The quantitative estimate of drug-likeness (QED) is 0.803. The zero-order valence-electron chi connectivity index (χ0n) is 13.4. The molecule has 1 rings (SSSR count). The predicted molar refractivity (Wildman–Crippen MR) is 89.1 cm³/mol. The van der Waals surface area contributed by atoms with E-state index in [1.165, 1.54) is 12.0 Å². The van der Waals surface area contributed by atoms with E-state index in [0.717, 1.165) is 11.4 Å². The lowest BCUT2D eigenvalue weighted by molar-refractivity contribution is 0.142. The van der Waals surface area contributed by atoms with E-state index in [9.17, 15) is 0 Å². The number of hydrogen-bond acceptors (Lipinski definition) is 2. The molecule has 0 aliphatic rings. The van der Waals surface area contributed by atoms with Gasteiger partial charge in [0.25, 0.3) is 0 Å². The van der Waals surface area contributed by atoms with Crippen LogP contribution in [0.1, 0.15) is 52.1 Å². The van der Waals surface area contributed by atoms with Gasteiger partial charge in [0.2, 0.25) is 0 Å². The molecular weight excluding hydrogens is 268 g/mol. The Morgan fingerprint density at radius 2 is 1.90 bits per heavy atom. The van der Waals surface area contributed by atoms with Crippen molar-refractivity contribution in [1.29, 1.82) is 0 Å². The summed E-state index contributed by atoms with van der Waals surface area (Å²) in [5.41, 5.74) is 7.60. The molecule has 0 heterocycles. The van der Waals surface area contributed by atoms with Crippen LogP contribution in [0.3, 0.4) is 0 Å². The topological polar surface area (TPSA) is 29.3 Å². The molecule has 3 unspecified atom stereocenters. The zero-order chi connectivity index (χ0) is 15.3. The summed E-state index contributed by atoms with van der Waals surface area (Å²) in [6, 6.07) is 8.92. The monoisotopic (exact) mass is 296 g/mol. The first-order valence-corrected chi connectivity index (χ1v) is 7.97. The number of nitrogens with two attached hydrogens (primary N) is 1. The summed E-state index contributed by atoms with van der Waals surface area (Å²) in [6.45, 7) is 8.94. The summed E-state index contributed by atoms with van der Waals surface area (Å²) in [4.78, 5) is 2.40. The molecular formula is C17H29ClN2. The normalized spacial score (nSPS) is 16.4. The highest BCUT2D eigenvalue weighted by Crippen LogP contribution is 2.29. The van der Waals surface area contributed by atoms with Crippen LogP contribution < -0.4 is 5.73 Å². The van der Waals surface area contributed by atoms with E-state index in [1.54, 1.807) is 0 Å². The summed E-state index contributed by atoms with van der Waals surface area (Å²) < 4.78 is 0. The van der Waals surface area contributed by atoms with Crippen LogP contribution in [0.4, 0.5) is 0 Å². The fraction of sp³-hybridized carbons (Fsp3) is 0.647. The maximum absolute atomic E-state index is 6.38. The maximum Gasteiger partial charge on any atom is 0.0499 e. The van der Waals surface area contributed by atoms with Crippen molar-refractivity contribution >= 4 is 11.6 Å². The van der Waals surface area contributed by atoms with E-state index in [4.69, 9.17) is 17.3 Å². The number of likely N-dealkylation sites (N-methyl/N-ethyl adjacent to an activating group) is 1. The van der Waals surface area contributed by atoms with Crippen molar-refractivity contribution in [2.75, 3.05) is 7.05 Å². The Bertz CT molecular complexity index is 406. The van der Waals surface area contributed by atoms with Gasteiger partial charge >= 0.3 is 0 Å². The van der Waals surface area contributed by atoms with Crippen molar-refractivity contribution in [2.24, 2.45) is 11.7 Å². The highest BCUT2D eigenvalue weighted by Gasteiger charge is 2.26. The molecule has 1 aromatic carbocycles. The second-order valence-corrected chi connectivity index (χ2v) is 6.65. The molecule has 3 heteroatoms. The van der Waals surface area contributed by atoms with Gasteiger partial charge in [0, 0.05) is 23.1 Å². The molecule has 3 atom stereocenters. The zero-order valence-corrected chi connectivity index (χ0v) is 14.2. The molecule has 0 saturated carbocycles. The minimum Gasteiger partial charge on any atom is -0.326 e. The average molecular weight is 297 g/mol. The smallest absolute Gasteiger partial charge is 0.0499 e. The molecule has 0 aliphatic heterocycles. The third kappa shape index (κ3) is 4.76. The van der Waals surface area contributed by atoms with E-state index in [0.29, 0.717) is 12.0 Å². The summed E-state index contributed by atoms with van der Waals surface area (Å²) >= 11 is 6.15. The lowest BCUT2D eigenvalue weighted by Gasteiger charge is -2.37. The molecule has 0 aromatic heterocycles. The minimum absolute atomic E-state index is 0.119. The molecule has 1 aromatic rings. The van der Waals surface area contributed by atoms with Crippen LogP contribution in [-0.2, 0) is 0 Å². The van der Waals surface area contributed by atoms with Gasteiger partial charge in [0.1, 0.15) is 0 Å². The Morgan fingerprint density at radius 1 is 1.25 bits per heavy atom. The van der Waals surface area contributed by atoms with E-state index < -0.39 is 0 Å². The Kier molecular flexibility index (Phi) is 7.01. The second kappa shape index (κ2) is 8.02. The van der Waals surface area contributed by atoms with Crippen LogP contribution >= 0.6 is 11.6 Å². The van der Waals surface area contributed by atoms with E-state index in [1.807, 2.05) is 18.2 Å². The van der Waals surface area contributed by atoms with Crippen molar-refractivity contribution in [1.82, 2.24) is 4.90 Å². The SMILES string of the molecule is CCC(N)C(c1cccc(Cl)c1)N(C)C(C)CC(C)C. The Labute approximate surface area is 129 Å². The van der Waals surface area contributed by atoms with Crippen molar-refractivity contribution in [3.05, 3.63) is 34.9 Å². The molecule has 0 spiro atoms. The van der Waals surface area contributed by atoms with Crippen molar-refractivity contribution in [3.63, 3.8) is 0 Å². The van der Waals surface area contributed by atoms with Crippen LogP contribution in [0.2, 0.25) is 5.02 Å². The first kappa shape index (κ1) is 17.5. The van der Waals surface area contributed by atoms with Crippen LogP contribution in [0.25, 0.3) is 0 Å². The van der Waals surface area contributed by atoms with Gasteiger partial charge in [-0.25, -0.2) is 0 Å². The first-order chi connectivity index (χ1) is 9.36. The number of halogens is 1. The van der Waals surface area contributed by atoms with Gasteiger partial charge in [0.05, 0.1) is 0 Å². The third-order valence-corrected chi connectivity index (χ3v) is 4.25. The number of benzene rings is 1. The summed E-state index contributed by atoms with van der Waals surface area (Å²) in [5.74, 6) is 0.685. The number of rotatable bonds is 7. The molecule has 0 aliphatic carbocycles. The molecule has 2 N–H and O–H groups in total. The lowest BCUT2D eigenvalue weighted by atomic mass is 9.94. The van der Waals surface area contributed by atoms with Crippen molar-refractivity contribution < 1.29 is 0 Å². The van der Waals surface area contributed by atoms with Crippen LogP contribution in [0.5, 0.6) is 0 Å². The molecule has 20 heavy (non-hydrogen) atoms. The van der Waals surface area contributed by atoms with Gasteiger partial charge in [-0.15, -0.1) is 0 Å². The third-order valence-electron chi connectivity index (χ3n) is 4.01. The molecule has 0 radical (unpaired) electrons. The fourth-order valence-corrected chi connectivity index (χ4v) is 3.02. The van der Waals surface area contributed by atoms with E-state index in [2.05, 4.69) is 45.7 Å². The second-order valence-electron chi connectivity index (χ2n) is 6.22. The van der Waals surface area contributed by atoms with Crippen LogP contribution in [0.15, 0.2) is 24.3 Å². The molecule has 0 amide bonds. The fourth-order valence-electron chi connectivity index (χ4n) is 2.82. The minimum atomic E-state index is 0.119. The van der Waals surface area contributed by atoms with Crippen molar-refractivity contribution in [2.45, 2.75) is 58.7 Å². The van der Waals surface area contributed by atoms with E-state index in [-0.39, 0.29) is 12.1 Å². The van der Waals surface area contributed by atoms with Gasteiger partial charge in [-0.3, -0.25) is 4.90 Å². The summed E-state index contributed by atoms with van der Waals surface area (Å²) in [6.07, 6.45) is 2.12. The van der Waals surface area contributed by atoms with Gasteiger partial charge in [0.15, 0.2) is 0 Å². The van der Waals surface area contributed by atoms with E-state index >= 15 is 0 Å². The molecule has 2 nitrogen and oxygen atoms in total. The van der Waals surface area contributed by atoms with Crippen LogP contribution in [0, 0.1) is 5.92 Å². The Hall–Kier alpha value is -0.570. The average Bonchev–Trinajstić information content (AvgIpc) is 2.37. The highest BCUT2D eigenvalue weighted by atomic mass is 35.5. The lowest BCUT2D eigenvalue weighted by Crippen LogP contribution is -2.43. The molecule has 0 fully saturated rings. The van der Waals surface area contributed by atoms with Gasteiger partial charge in [-0.2, -0.15) is 0 Å². The van der Waals surface area contributed by atoms with Crippen molar-refractivity contribution in [3.8, 4) is 0 Å². The predicted octanol–water partition coefficient (Wildman–Crippen LogP) is 4.48. The molecule has 0 bridgehead atoms. The van der Waals surface area contributed by atoms with Gasteiger partial charge in [-0.1, -0.05) is 44.5 Å². The van der Waals surface area contributed by atoms with Gasteiger partial charge in [-0.05, 0) is 50.4 Å². The maximum atomic E-state index is 6.38. The van der Waals surface area contributed by atoms with Gasteiger partial charge < -0.3 is 5.73 Å². The van der Waals surface area contributed by atoms with Crippen LogP contribution in [-0.4, -0.2) is 24.0 Å².